The van der Waals surface area contributed by atoms with Gasteiger partial charge in [-0.2, -0.15) is 0 Å². The van der Waals surface area contributed by atoms with Gasteiger partial charge in [-0.15, -0.1) is 0 Å². The van der Waals surface area contributed by atoms with Gasteiger partial charge in [0.2, 0.25) is 5.95 Å². The Bertz CT molecular complexity index is 1340. The molecule has 0 aliphatic carbocycles. The summed E-state index contributed by atoms with van der Waals surface area (Å²) in [5, 5.41) is 12.4. The van der Waals surface area contributed by atoms with E-state index < -0.39 is 0 Å². The van der Waals surface area contributed by atoms with Crippen molar-refractivity contribution < 1.29 is 14.6 Å². The van der Waals surface area contributed by atoms with E-state index in [2.05, 4.69) is 35.1 Å². The van der Waals surface area contributed by atoms with Crippen LogP contribution < -0.4 is 14.8 Å². The number of aromatic amines is 1. The van der Waals surface area contributed by atoms with Gasteiger partial charge < -0.3 is 29.8 Å². The summed E-state index contributed by atoms with van der Waals surface area (Å²) in [4.78, 5) is 21.7. The summed E-state index contributed by atoms with van der Waals surface area (Å²) in [5.74, 6) is 2.81. The van der Waals surface area contributed by atoms with Gasteiger partial charge in [-0.05, 0) is 36.8 Å². The lowest BCUT2D eigenvalue weighted by Crippen LogP contribution is -2.47. The molecule has 0 unspecified atom stereocenters. The molecule has 1 fully saturated rings. The van der Waals surface area contributed by atoms with E-state index in [-0.39, 0.29) is 6.61 Å². The van der Waals surface area contributed by atoms with Crippen molar-refractivity contribution in [1.29, 1.82) is 0 Å². The van der Waals surface area contributed by atoms with Gasteiger partial charge in [0.15, 0.2) is 0 Å². The monoisotopic (exact) mass is 529 g/mol. The normalized spacial score (nSPS) is 14.3. The second-order valence-electron chi connectivity index (χ2n) is 9.40. The van der Waals surface area contributed by atoms with Gasteiger partial charge >= 0.3 is 0 Å². The van der Waals surface area contributed by atoms with Crippen LogP contribution >= 0.6 is 0 Å². The van der Waals surface area contributed by atoms with Crippen LogP contribution in [0.15, 0.2) is 67.0 Å². The predicted molar refractivity (Wildman–Crippen MR) is 151 cm³/mol. The molecule has 0 radical (unpaired) electrons. The topological polar surface area (TPSA) is 112 Å². The number of aliphatic hydroxyl groups is 1. The van der Waals surface area contributed by atoms with E-state index in [0.29, 0.717) is 12.6 Å². The third-order valence-electron chi connectivity index (χ3n) is 6.71. The number of nitrogens with one attached hydrogen (secondary N) is 2. The Balaban J connectivity index is 1.14. The number of ether oxygens (including phenoxy) is 2. The number of imidazole rings is 1. The van der Waals surface area contributed by atoms with Crippen molar-refractivity contribution in [2.24, 2.45) is 0 Å². The molecular formula is C29H35N7O3. The molecule has 0 bridgehead atoms. The minimum Gasteiger partial charge on any atom is -0.497 e. The maximum atomic E-state index is 9.09. The van der Waals surface area contributed by atoms with Crippen molar-refractivity contribution in [3.05, 3.63) is 67.0 Å². The molecule has 0 spiro atoms. The highest BCUT2D eigenvalue weighted by molar-refractivity contribution is 5.64. The van der Waals surface area contributed by atoms with E-state index in [9.17, 15) is 0 Å². The maximum Gasteiger partial charge on any atom is 0.227 e. The molecule has 2 aromatic heterocycles. The largest absolute Gasteiger partial charge is 0.497 e. The number of H-pyrrole nitrogens is 1. The van der Waals surface area contributed by atoms with Gasteiger partial charge in [-0.3, -0.25) is 4.90 Å². The van der Waals surface area contributed by atoms with Crippen molar-refractivity contribution in [1.82, 2.24) is 29.7 Å². The van der Waals surface area contributed by atoms with E-state index in [0.717, 1.165) is 85.7 Å². The number of nitrogens with zero attached hydrogens (tertiary/aromatic N) is 5. The first-order valence-corrected chi connectivity index (χ1v) is 13.3. The molecule has 0 saturated carbocycles. The molecule has 10 heteroatoms. The van der Waals surface area contributed by atoms with Crippen LogP contribution in [0.2, 0.25) is 0 Å². The number of hydrogen-bond donors (Lipinski definition) is 3. The lowest BCUT2D eigenvalue weighted by Gasteiger charge is -2.34. The number of piperazine rings is 1. The van der Waals surface area contributed by atoms with E-state index in [4.69, 9.17) is 14.6 Å². The summed E-state index contributed by atoms with van der Waals surface area (Å²) in [6, 6.07) is 17.4. The molecule has 2 aromatic carbocycles. The number of methoxy groups -OCH3 is 1. The van der Waals surface area contributed by atoms with Crippen LogP contribution in [0.1, 0.15) is 6.42 Å². The molecule has 10 nitrogen and oxygen atoms in total. The van der Waals surface area contributed by atoms with Crippen LogP contribution in [0.25, 0.3) is 22.8 Å². The fourth-order valence-electron chi connectivity index (χ4n) is 4.59. The Morgan fingerprint density at radius 3 is 2.56 bits per heavy atom. The second kappa shape index (κ2) is 13.2. The number of benzene rings is 2. The van der Waals surface area contributed by atoms with Gasteiger partial charge in [0.1, 0.15) is 17.3 Å². The molecule has 1 aliphatic rings. The van der Waals surface area contributed by atoms with Crippen molar-refractivity contribution in [3.63, 3.8) is 0 Å². The number of β-amino-alcohol motifs (C(OH)–C–C–N with tert-alkyl or cyclic N) is 1. The highest BCUT2D eigenvalue weighted by atomic mass is 16.5. The smallest absolute Gasteiger partial charge is 0.227 e. The molecule has 4 aromatic rings. The average Bonchev–Trinajstić information content (AvgIpc) is 3.48. The third-order valence-corrected chi connectivity index (χ3v) is 6.71. The molecule has 3 N–H and O–H groups in total. The molecule has 1 aliphatic heterocycles. The van der Waals surface area contributed by atoms with Crippen LogP contribution in [0, 0.1) is 0 Å². The number of aromatic nitrogens is 4. The fraction of sp³-hybridized carbons (Fsp3) is 0.345. The molecule has 0 amide bonds. The lowest BCUT2D eigenvalue weighted by atomic mass is 10.2. The zero-order valence-corrected chi connectivity index (χ0v) is 22.2. The van der Waals surface area contributed by atoms with Crippen LogP contribution in [-0.4, -0.2) is 94.4 Å². The Morgan fingerprint density at radius 2 is 1.74 bits per heavy atom. The van der Waals surface area contributed by atoms with Gasteiger partial charge in [-0.1, -0.05) is 18.2 Å². The Labute approximate surface area is 228 Å². The SMILES string of the molecule is COc1cccc(-c2ncc(-c3ccnc(Nc4cccc(OCCCN5CCN(CCO)CC5)c4)n3)[nH]2)c1. The molecular weight excluding hydrogens is 494 g/mol. The number of aliphatic hydroxyl groups excluding tert-OH is 1. The van der Waals surface area contributed by atoms with E-state index in [1.807, 2.05) is 54.6 Å². The molecule has 5 rings (SSSR count). The Kier molecular flexibility index (Phi) is 9.00. The first kappa shape index (κ1) is 26.6. The first-order valence-electron chi connectivity index (χ1n) is 13.3. The Hall–Kier alpha value is -3.99. The second-order valence-corrected chi connectivity index (χ2v) is 9.40. The number of rotatable bonds is 12. The van der Waals surface area contributed by atoms with Gasteiger partial charge in [-0.25, -0.2) is 15.0 Å². The van der Waals surface area contributed by atoms with E-state index in [1.54, 1.807) is 19.5 Å². The van der Waals surface area contributed by atoms with E-state index in [1.165, 1.54) is 0 Å². The van der Waals surface area contributed by atoms with Gasteiger partial charge in [0.05, 0.1) is 37.9 Å². The maximum absolute atomic E-state index is 9.09. The van der Waals surface area contributed by atoms with Gasteiger partial charge in [0, 0.05) is 62.8 Å². The van der Waals surface area contributed by atoms with Crippen LogP contribution in [0.4, 0.5) is 11.6 Å². The predicted octanol–water partition coefficient (Wildman–Crippen LogP) is 3.66. The summed E-state index contributed by atoms with van der Waals surface area (Å²) in [5.41, 5.74) is 3.32. The highest BCUT2D eigenvalue weighted by Gasteiger charge is 2.15. The summed E-state index contributed by atoms with van der Waals surface area (Å²) >= 11 is 0. The van der Waals surface area contributed by atoms with Crippen molar-refractivity contribution in [2.45, 2.75) is 6.42 Å². The minimum atomic E-state index is 0.232. The van der Waals surface area contributed by atoms with Crippen LogP contribution in [0.5, 0.6) is 11.5 Å². The van der Waals surface area contributed by atoms with Crippen LogP contribution in [-0.2, 0) is 0 Å². The standard InChI is InChI=1S/C29H35N7O3/c1-38-24-7-2-5-22(19-24)28-31-21-27(33-28)26-9-10-30-29(34-26)32-23-6-3-8-25(20-23)39-18-4-11-35-12-14-36(15-13-35)16-17-37/h2-3,5-10,19-21,37H,4,11-18H2,1H3,(H,31,33)(H,30,32,34). The first-order chi connectivity index (χ1) is 19.2. The molecule has 0 atom stereocenters. The molecule has 204 valence electrons. The lowest BCUT2D eigenvalue weighted by molar-refractivity contribution is 0.108. The minimum absolute atomic E-state index is 0.232. The third kappa shape index (κ3) is 7.32. The van der Waals surface area contributed by atoms with Gasteiger partial charge in [0.25, 0.3) is 0 Å². The van der Waals surface area contributed by atoms with Crippen molar-refractivity contribution in [3.8, 4) is 34.3 Å². The molecule has 1 saturated heterocycles. The number of hydrogen-bond acceptors (Lipinski definition) is 9. The zero-order valence-electron chi connectivity index (χ0n) is 22.2. The van der Waals surface area contributed by atoms with Crippen molar-refractivity contribution in [2.75, 3.05) is 64.9 Å². The zero-order chi connectivity index (χ0) is 26.9. The average molecular weight is 530 g/mol. The fourth-order valence-corrected chi connectivity index (χ4v) is 4.59. The number of anilines is 2. The highest BCUT2D eigenvalue weighted by Crippen LogP contribution is 2.25. The van der Waals surface area contributed by atoms with E-state index >= 15 is 0 Å². The molecule has 39 heavy (non-hydrogen) atoms. The summed E-state index contributed by atoms with van der Waals surface area (Å²) in [7, 11) is 1.65. The molecule has 3 heterocycles. The van der Waals surface area contributed by atoms with Crippen molar-refractivity contribution >= 4 is 11.6 Å². The van der Waals surface area contributed by atoms with Crippen LogP contribution in [0.3, 0.4) is 0 Å². The summed E-state index contributed by atoms with van der Waals surface area (Å²) in [6.45, 7) is 6.78. The summed E-state index contributed by atoms with van der Waals surface area (Å²) < 4.78 is 11.3. The quantitative estimate of drug-likeness (QED) is 0.237. The summed E-state index contributed by atoms with van der Waals surface area (Å²) in [6.07, 6.45) is 4.45. The Morgan fingerprint density at radius 1 is 0.949 bits per heavy atom.